The minimum Gasteiger partial charge on any atom is -0.495 e. The summed E-state index contributed by atoms with van der Waals surface area (Å²) in [5.74, 6) is 0.478. The molecule has 0 aliphatic heterocycles. The number of hydrogen-bond acceptors (Lipinski definition) is 3. The van der Waals surface area contributed by atoms with Gasteiger partial charge in [0.2, 0.25) is 0 Å². The van der Waals surface area contributed by atoms with E-state index in [2.05, 4.69) is 5.32 Å². The van der Waals surface area contributed by atoms with Crippen LogP contribution in [0.15, 0.2) is 42.5 Å². The molecule has 3 N–H and O–H groups in total. The van der Waals surface area contributed by atoms with Gasteiger partial charge in [-0.3, -0.25) is 0 Å². The summed E-state index contributed by atoms with van der Waals surface area (Å²) in [6.45, 7) is 2.31. The summed E-state index contributed by atoms with van der Waals surface area (Å²) in [7, 11) is 1.62. The lowest BCUT2D eigenvalue weighted by Crippen LogP contribution is -2.22. The Balaban J connectivity index is 2.31. The first-order valence-electron chi connectivity index (χ1n) is 6.51. The fraction of sp³-hybridized carbons (Fsp3) is 0.250. The minimum atomic E-state index is -0.258. The van der Waals surface area contributed by atoms with Crippen LogP contribution < -0.4 is 15.8 Å². The first-order valence-corrected chi connectivity index (χ1v) is 6.51. The molecule has 0 aliphatic carbocycles. The van der Waals surface area contributed by atoms with Crippen molar-refractivity contribution in [3.8, 4) is 5.75 Å². The van der Waals surface area contributed by atoms with Crippen LogP contribution in [0.25, 0.3) is 0 Å². The lowest BCUT2D eigenvalue weighted by molar-refractivity contribution is 0.416. The Morgan fingerprint density at radius 3 is 2.70 bits per heavy atom. The van der Waals surface area contributed by atoms with Gasteiger partial charge in [-0.1, -0.05) is 18.2 Å². The van der Waals surface area contributed by atoms with Gasteiger partial charge in [0.1, 0.15) is 11.6 Å². The highest BCUT2D eigenvalue weighted by atomic mass is 19.1. The van der Waals surface area contributed by atoms with E-state index in [0.29, 0.717) is 6.54 Å². The normalized spacial score (nSPS) is 12.0. The first kappa shape index (κ1) is 14.3. The van der Waals surface area contributed by atoms with E-state index in [9.17, 15) is 4.39 Å². The molecule has 1 atom stereocenters. The van der Waals surface area contributed by atoms with Crippen LogP contribution in [-0.2, 0) is 0 Å². The number of hydrogen-bond donors (Lipinski definition) is 2. The predicted molar refractivity (Wildman–Crippen MR) is 79.5 cm³/mol. The van der Waals surface area contributed by atoms with Gasteiger partial charge < -0.3 is 15.8 Å². The zero-order valence-electron chi connectivity index (χ0n) is 11.7. The van der Waals surface area contributed by atoms with Gasteiger partial charge in [0.05, 0.1) is 18.8 Å². The second kappa shape index (κ2) is 6.39. The largest absolute Gasteiger partial charge is 0.495 e. The highest BCUT2D eigenvalue weighted by molar-refractivity contribution is 5.57. The Morgan fingerprint density at radius 2 is 2.00 bits per heavy atom. The van der Waals surface area contributed by atoms with Gasteiger partial charge in [0, 0.05) is 6.54 Å². The average molecular weight is 274 g/mol. The second-order valence-corrected chi connectivity index (χ2v) is 4.63. The molecule has 0 aromatic heterocycles. The Hall–Kier alpha value is -2.07. The van der Waals surface area contributed by atoms with Crippen LogP contribution in [0.3, 0.4) is 0 Å². The van der Waals surface area contributed by atoms with E-state index in [-0.39, 0.29) is 11.9 Å². The zero-order valence-corrected chi connectivity index (χ0v) is 11.7. The van der Waals surface area contributed by atoms with Crippen molar-refractivity contribution in [1.82, 2.24) is 0 Å². The van der Waals surface area contributed by atoms with Gasteiger partial charge in [0.15, 0.2) is 0 Å². The third-order valence-electron chi connectivity index (χ3n) is 3.29. The van der Waals surface area contributed by atoms with Crippen LogP contribution in [0.2, 0.25) is 0 Å². The molecular weight excluding hydrogens is 255 g/mol. The number of nitrogens with two attached hydrogens (primary N) is 1. The smallest absolute Gasteiger partial charge is 0.141 e. The van der Waals surface area contributed by atoms with Crippen molar-refractivity contribution in [1.29, 1.82) is 0 Å². The van der Waals surface area contributed by atoms with Gasteiger partial charge in [0.25, 0.3) is 0 Å². The van der Waals surface area contributed by atoms with E-state index in [1.807, 2.05) is 31.2 Å². The molecule has 0 aliphatic rings. The van der Waals surface area contributed by atoms with E-state index in [4.69, 9.17) is 10.5 Å². The number of benzene rings is 2. The van der Waals surface area contributed by atoms with Gasteiger partial charge >= 0.3 is 0 Å². The molecule has 0 radical (unpaired) electrons. The summed E-state index contributed by atoms with van der Waals surface area (Å²) in [5, 5.41) is 3.32. The number of methoxy groups -OCH3 is 1. The number of para-hydroxylation sites is 2. The molecule has 0 bridgehead atoms. The fourth-order valence-electron chi connectivity index (χ4n) is 2.20. The fourth-order valence-corrected chi connectivity index (χ4v) is 2.20. The molecule has 0 heterocycles. The summed E-state index contributed by atoms with van der Waals surface area (Å²) in [4.78, 5) is 0. The van der Waals surface area contributed by atoms with Crippen molar-refractivity contribution in [2.75, 3.05) is 19.0 Å². The maximum Gasteiger partial charge on any atom is 0.141 e. The van der Waals surface area contributed by atoms with E-state index in [0.717, 1.165) is 22.6 Å². The summed E-state index contributed by atoms with van der Waals surface area (Å²) in [6, 6.07) is 12.2. The Morgan fingerprint density at radius 1 is 1.25 bits per heavy atom. The van der Waals surface area contributed by atoms with E-state index >= 15 is 0 Å². The van der Waals surface area contributed by atoms with Crippen molar-refractivity contribution in [3.63, 3.8) is 0 Å². The number of anilines is 1. The van der Waals surface area contributed by atoms with Crippen molar-refractivity contribution in [2.45, 2.75) is 13.0 Å². The van der Waals surface area contributed by atoms with Gasteiger partial charge in [-0.25, -0.2) is 4.39 Å². The number of nitrogens with one attached hydrogen (secondary N) is 1. The van der Waals surface area contributed by atoms with Gasteiger partial charge in [-0.15, -0.1) is 0 Å². The summed E-state index contributed by atoms with van der Waals surface area (Å²) >= 11 is 0. The quantitative estimate of drug-likeness (QED) is 0.879. The monoisotopic (exact) mass is 274 g/mol. The second-order valence-electron chi connectivity index (χ2n) is 4.63. The van der Waals surface area contributed by atoms with Crippen LogP contribution in [0.1, 0.15) is 17.2 Å². The van der Waals surface area contributed by atoms with E-state index in [1.165, 1.54) is 12.1 Å². The molecule has 1 unspecified atom stereocenters. The first-order chi connectivity index (χ1) is 9.65. The summed E-state index contributed by atoms with van der Waals surface area (Å²) in [5.41, 5.74) is 8.54. The van der Waals surface area contributed by atoms with Crippen LogP contribution in [0.4, 0.5) is 10.1 Å². The molecule has 0 amide bonds. The predicted octanol–water partition coefficient (Wildman–Crippen LogP) is 3.25. The topological polar surface area (TPSA) is 47.3 Å². The number of aryl methyl sites for hydroxylation is 1. The molecule has 0 spiro atoms. The van der Waals surface area contributed by atoms with Crippen molar-refractivity contribution in [3.05, 3.63) is 59.4 Å². The molecule has 2 rings (SSSR count). The number of rotatable bonds is 5. The summed E-state index contributed by atoms with van der Waals surface area (Å²) in [6.07, 6.45) is 0. The molecule has 0 saturated heterocycles. The zero-order chi connectivity index (χ0) is 14.5. The minimum absolute atomic E-state index is 0.165. The SMILES string of the molecule is COc1ccccc1NC(CN)c1cc(F)ccc1C. The van der Waals surface area contributed by atoms with Gasteiger partial charge in [-0.2, -0.15) is 0 Å². The molecule has 0 saturated carbocycles. The van der Waals surface area contributed by atoms with E-state index < -0.39 is 0 Å². The van der Waals surface area contributed by atoms with Crippen molar-refractivity contribution < 1.29 is 9.13 Å². The van der Waals surface area contributed by atoms with Crippen molar-refractivity contribution in [2.24, 2.45) is 5.73 Å². The Bertz CT molecular complexity index is 586. The molecule has 20 heavy (non-hydrogen) atoms. The molecule has 4 heteroatoms. The molecular formula is C16H19FN2O. The average Bonchev–Trinajstić information content (AvgIpc) is 2.48. The van der Waals surface area contributed by atoms with Crippen LogP contribution in [0.5, 0.6) is 5.75 Å². The lowest BCUT2D eigenvalue weighted by Gasteiger charge is -2.22. The maximum atomic E-state index is 13.4. The molecule has 3 nitrogen and oxygen atoms in total. The third-order valence-corrected chi connectivity index (χ3v) is 3.29. The standard InChI is InChI=1S/C16H19FN2O/c1-11-7-8-12(17)9-13(11)15(10-18)19-14-5-3-4-6-16(14)20-2/h3-9,15,19H,10,18H2,1-2H3. The van der Waals surface area contributed by atoms with Crippen molar-refractivity contribution >= 4 is 5.69 Å². The number of halogens is 1. The van der Waals surface area contributed by atoms with Crippen LogP contribution >= 0.6 is 0 Å². The molecule has 106 valence electrons. The highest BCUT2D eigenvalue weighted by Crippen LogP contribution is 2.28. The molecule has 0 fully saturated rings. The Kier molecular flexibility index (Phi) is 4.58. The maximum absolute atomic E-state index is 13.4. The number of ether oxygens (including phenoxy) is 1. The highest BCUT2D eigenvalue weighted by Gasteiger charge is 2.14. The lowest BCUT2D eigenvalue weighted by atomic mass is 10.0. The van der Waals surface area contributed by atoms with Crippen LogP contribution in [-0.4, -0.2) is 13.7 Å². The Labute approximate surface area is 118 Å². The van der Waals surface area contributed by atoms with Gasteiger partial charge in [-0.05, 0) is 42.3 Å². The third kappa shape index (κ3) is 3.08. The molecule has 2 aromatic rings. The summed E-state index contributed by atoms with van der Waals surface area (Å²) < 4.78 is 18.7. The molecule has 2 aromatic carbocycles. The van der Waals surface area contributed by atoms with Crippen LogP contribution in [0, 0.1) is 12.7 Å². The van der Waals surface area contributed by atoms with E-state index in [1.54, 1.807) is 13.2 Å².